The Morgan fingerprint density at radius 2 is 1.09 bits per heavy atom. The number of carbonyl (C=O) groups is 2. The molecule has 32 heavy (non-hydrogen) atoms. The van der Waals surface area contributed by atoms with Crippen molar-refractivity contribution in [3.05, 3.63) is 53.6 Å². The van der Waals surface area contributed by atoms with E-state index in [4.69, 9.17) is 16.2 Å². The van der Waals surface area contributed by atoms with E-state index in [1.807, 2.05) is 0 Å². The van der Waals surface area contributed by atoms with E-state index in [0.29, 0.717) is 11.1 Å². The molecule has 8 nitrogen and oxygen atoms in total. The maximum absolute atomic E-state index is 13.0. The number of phenols is 3. The van der Waals surface area contributed by atoms with Crippen molar-refractivity contribution in [2.45, 2.75) is 63.5 Å². The normalized spacial score (nSPS) is 16.0. The van der Waals surface area contributed by atoms with Gasteiger partial charge < -0.3 is 31.5 Å². The van der Waals surface area contributed by atoms with Gasteiger partial charge in [-0.1, -0.05) is 45.9 Å². The van der Waals surface area contributed by atoms with Crippen LogP contribution in [0.25, 0.3) is 0 Å². The molecule has 0 saturated heterocycles. The highest BCUT2D eigenvalue weighted by Crippen LogP contribution is 2.39. The highest BCUT2D eigenvalue weighted by molar-refractivity contribution is 5.96. The van der Waals surface area contributed by atoms with Crippen molar-refractivity contribution < 1.29 is 29.6 Å². The molecule has 0 aliphatic rings. The Balaban J connectivity index is 2.31. The molecule has 7 N–H and O–H groups in total. The molecule has 0 saturated carbocycles. The molecule has 0 unspecified atom stereocenters. The van der Waals surface area contributed by atoms with Crippen LogP contribution in [-0.2, 0) is 25.2 Å². The van der Waals surface area contributed by atoms with Gasteiger partial charge in [0.25, 0.3) is 0 Å². The molecular formula is C24H32N2O6. The van der Waals surface area contributed by atoms with Crippen LogP contribution in [0, 0.1) is 0 Å². The van der Waals surface area contributed by atoms with E-state index in [9.17, 15) is 24.9 Å². The fraction of sp³-hybridized carbons (Fsp3) is 0.417. The first-order valence-corrected chi connectivity index (χ1v) is 10.1. The number of benzene rings is 2. The summed E-state index contributed by atoms with van der Waals surface area (Å²) in [5, 5.41) is 28.9. The van der Waals surface area contributed by atoms with Crippen LogP contribution in [-0.4, -0.2) is 38.3 Å². The van der Waals surface area contributed by atoms with Crippen LogP contribution in [0.3, 0.4) is 0 Å². The fourth-order valence-electron chi connectivity index (χ4n) is 3.20. The second-order valence-corrected chi connectivity index (χ2v) is 9.58. The lowest BCUT2D eigenvalue weighted by atomic mass is 9.68. The van der Waals surface area contributed by atoms with Crippen LogP contribution in [0.5, 0.6) is 17.2 Å². The van der Waals surface area contributed by atoms with Gasteiger partial charge in [0.15, 0.2) is 11.5 Å². The van der Waals surface area contributed by atoms with Crippen LogP contribution >= 0.6 is 0 Å². The molecular weight excluding hydrogens is 412 g/mol. The van der Waals surface area contributed by atoms with E-state index in [1.54, 1.807) is 39.8 Å². The molecule has 0 fully saturated rings. The Bertz CT molecular complexity index is 1020. The predicted octanol–water partition coefficient (Wildman–Crippen LogP) is 2.56. The van der Waals surface area contributed by atoms with Crippen molar-refractivity contribution in [2.75, 3.05) is 0 Å². The number of hydrogen-bond acceptors (Lipinski definition) is 8. The molecule has 2 aromatic rings. The van der Waals surface area contributed by atoms with Gasteiger partial charge in [-0.05, 0) is 49.2 Å². The first kappa shape index (κ1) is 25.2. The topological polar surface area (TPSA) is 156 Å². The van der Waals surface area contributed by atoms with Gasteiger partial charge in [0.05, 0.1) is 0 Å². The molecule has 0 heterocycles. The summed E-state index contributed by atoms with van der Waals surface area (Å²) in [7, 11) is 0. The summed E-state index contributed by atoms with van der Waals surface area (Å²) >= 11 is 0. The first-order valence-electron chi connectivity index (χ1n) is 10.1. The third kappa shape index (κ3) is 4.16. The molecule has 0 amide bonds. The van der Waals surface area contributed by atoms with Crippen LogP contribution in [0.4, 0.5) is 0 Å². The Morgan fingerprint density at radius 1 is 0.688 bits per heavy atom. The summed E-state index contributed by atoms with van der Waals surface area (Å²) in [4.78, 5) is 26.1. The average molecular weight is 445 g/mol. The van der Waals surface area contributed by atoms with Gasteiger partial charge in [-0.3, -0.25) is 0 Å². The fourth-order valence-corrected chi connectivity index (χ4v) is 3.20. The molecule has 0 spiro atoms. The average Bonchev–Trinajstić information content (AvgIpc) is 2.69. The number of phenolic OH excluding ortho intramolecular Hbond substituents is 3. The summed E-state index contributed by atoms with van der Waals surface area (Å²) in [5.41, 5.74) is 8.49. The van der Waals surface area contributed by atoms with Gasteiger partial charge in [-0.25, -0.2) is 9.59 Å². The van der Waals surface area contributed by atoms with Crippen LogP contribution in [0.1, 0.15) is 52.7 Å². The van der Waals surface area contributed by atoms with E-state index in [1.165, 1.54) is 44.2 Å². The van der Waals surface area contributed by atoms with Crippen LogP contribution in [0.15, 0.2) is 42.5 Å². The van der Waals surface area contributed by atoms with Gasteiger partial charge in [-0.2, -0.15) is 0 Å². The van der Waals surface area contributed by atoms with E-state index >= 15 is 0 Å². The first-order chi connectivity index (χ1) is 14.5. The summed E-state index contributed by atoms with van der Waals surface area (Å²) < 4.78 is 5.18. The van der Waals surface area contributed by atoms with Gasteiger partial charge in [0.2, 0.25) is 0 Å². The number of esters is 2. The molecule has 0 radical (unpaired) electrons. The van der Waals surface area contributed by atoms with Gasteiger partial charge in [0, 0.05) is 10.8 Å². The zero-order valence-corrected chi connectivity index (χ0v) is 19.3. The SMILES string of the molecule is CC(C)(c1ccc(O)cc1)[C@](C)(N)C(=O)OC(=O)[C@@](C)(N)C(C)(C)c1ccc(O)c(O)c1. The predicted molar refractivity (Wildman–Crippen MR) is 120 cm³/mol. The summed E-state index contributed by atoms with van der Waals surface area (Å²) in [6.07, 6.45) is 0. The maximum Gasteiger partial charge on any atom is 0.334 e. The molecule has 174 valence electrons. The Morgan fingerprint density at radius 3 is 1.53 bits per heavy atom. The van der Waals surface area contributed by atoms with Crippen molar-refractivity contribution >= 4 is 11.9 Å². The van der Waals surface area contributed by atoms with Crippen LogP contribution in [0.2, 0.25) is 0 Å². The number of nitrogens with two attached hydrogens (primary N) is 2. The van der Waals surface area contributed by atoms with Crippen LogP contribution < -0.4 is 11.5 Å². The minimum atomic E-state index is -1.69. The molecule has 0 aromatic heterocycles. The molecule has 8 heteroatoms. The van der Waals surface area contributed by atoms with Crippen molar-refractivity contribution in [1.29, 1.82) is 0 Å². The van der Waals surface area contributed by atoms with Gasteiger partial charge in [-0.15, -0.1) is 0 Å². The maximum atomic E-state index is 13.0. The number of aromatic hydroxyl groups is 3. The molecule has 2 atom stereocenters. The van der Waals surface area contributed by atoms with E-state index < -0.39 is 33.8 Å². The smallest absolute Gasteiger partial charge is 0.334 e. The van der Waals surface area contributed by atoms with Crippen molar-refractivity contribution in [3.8, 4) is 17.2 Å². The Labute approximate surface area is 187 Å². The molecule has 0 aliphatic carbocycles. The second kappa shape index (κ2) is 8.11. The summed E-state index contributed by atoms with van der Waals surface area (Å²) in [6, 6.07) is 10.4. The molecule has 2 aromatic carbocycles. The van der Waals surface area contributed by atoms with E-state index in [0.717, 1.165) is 0 Å². The number of rotatable bonds is 6. The van der Waals surface area contributed by atoms with Gasteiger partial charge in [0.1, 0.15) is 16.8 Å². The quantitative estimate of drug-likeness (QED) is 0.258. The zero-order chi connectivity index (χ0) is 24.7. The standard InChI is InChI=1S/C24H32N2O6/c1-21(2,14-7-10-16(27)11-8-14)23(5,25)19(30)32-20(31)24(6,26)22(3,4)15-9-12-17(28)18(29)13-15/h7-13,27-29H,25-26H2,1-6H3/t23-,24-/m1/s1. The highest BCUT2D eigenvalue weighted by Gasteiger charge is 2.51. The van der Waals surface area contributed by atoms with Crippen molar-refractivity contribution in [3.63, 3.8) is 0 Å². The lowest BCUT2D eigenvalue weighted by Gasteiger charge is -2.42. The lowest BCUT2D eigenvalue weighted by Crippen LogP contribution is -2.63. The lowest BCUT2D eigenvalue weighted by molar-refractivity contribution is -0.169. The second-order valence-electron chi connectivity index (χ2n) is 9.58. The largest absolute Gasteiger partial charge is 0.508 e. The molecule has 2 rings (SSSR count). The number of ether oxygens (including phenoxy) is 1. The van der Waals surface area contributed by atoms with Gasteiger partial charge >= 0.3 is 11.9 Å². The van der Waals surface area contributed by atoms with Crippen molar-refractivity contribution in [1.82, 2.24) is 0 Å². The van der Waals surface area contributed by atoms with E-state index in [-0.39, 0.29) is 17.2 Å². The van der Waals surface area contributed by atoms with Crippen molar-refractivity contribution in [2.24, 2.45) is 11.5 Å². The summed E-state index contributed by atoms with van der Waals surface area (Å²) in [5.74, 6) is -2.54. The molecule has 0 aliphatic heterocycles. The third-order valence-corrected chi connectivity index (χ3v) is 6.92. The molecule has 0 bridgehead atoms. The Hall–Kier alpha value is -3.10. The monoisotopic (exact) mass is 444 g/mol. The zero-order valence-electron chi connectivity index (χ0n) is 19.3. The minimum Gasteiger partial charge on any atom is -0.508 e. The Kier molecular flexibility index (Phi) is 6.38. The number of carbonyl (C=O) groups excluding carboxylic acids is 2. The number of hydrogen-bond donors (Lipinski definition) is 5. The summed E-state index contributed by atoms with van der Waals surface area (Å²) in [6.45, 7) is 9.67. The third-order valence-electron chi connectivity index (χ3n) is 6.92. The minimum absolute atomic E-state index is 0.0717. The highest BCUT2D eigenvalue weighted by atomic mass is 16.6. The van der Waals surface area contributed by atoms with E-state index in [2.05, 4.69) is 0 Å².